The van der Waals surface area contributed by atoms with E-state index in [1.54, 1.807) is 16.7 Å². The van der Waals surface area contributed by atoms with Crippen LogP contribution in [0.2, 0.25) is 5.02 Å². The SMILES string of the molecule is CSc1cccc(C(=O)N(CC2CCCO2)c2nc3ccc(Cl)cc3s2)c1. The van der Waals surface area contributed by atoms with Gasteiger partial charge in [0.1, 0.15) is 0 Å². The van der Waals surface area contributed by atoms with E-state index in [2.05, 4.69) is 4.98 Å². The lowest BCUT2D eigenvalue weighted by Gasteiger charge is -2.23. The highest BCUT2D eigenvalue weighted by Gasteiger charge is 2.27. The van der Waals surface area contributed by atoms with E-state index in [0.717, 1.165) is 34.6 Å². The van der Waals surface area contributed by atoms with Crippen LogP contribution in [0.15, 0.2) is 47.4 Å². The Hall–Kier alpha value is -1.60. The third-order valence-electron chi connectivity index (χ3n) is 4.54. The zero-order valence-electron chi connectivity index (χ0n) is 14.9. The van der Waals surface area contributed by atoms with Crippen LogP contribution in [0.4, 0.5) is 5.13 Å². The molecule has 0 N–H and O–H groups in total. The molecule has 4 nitrogen and oxygen atoms in total. The van der Waals surface area contributed by atoms with E-state index in [1.165, 1.54) is 11.3 Å². The maximum atomic E-state index is 13.3. The molecule has 1 aromatic heterocycles. The van der Waals surface area contributed by atoms with E-state index in [1.807, 2.05) is 48.7 Å². The molecule has 0 bridgehead atoms. The minimum absolute atomic E-state index is 0.0493. The molecule has 0 saturated carbocycles. The average Bonchev–Trinajstić information content (AvgIpc) is 3.34. The van der Waals surface area contributed by atoms with Crippen molar-refractivity contribution in [2.45, 2.75) is 23.8 Å². The molecule has 27 heavy (non-hydrogen) atoms. The van der Waals surface area contributed by atoms with Crippen molar-refractivity contribution in [2.75, 3.05) is 24.3 Å². The molecule has 140 valence electrons. The molecular weight excluding hydrogens is 400 g/mol. The number of thioether (sulfide) groups is 1. The maximum Gasteiger partial charge on any atom is 0.260 e. The summed E-state index contributed by atoms with van der Waals surface area (Å²) >= 11 is 9.22. The molecule has 1 fully saturated rings. The van der Waals surface area contributed by atoms with Crippen molar-refractivity contribution < 1.29 is 9.53 Å². The van der Waals surface area contributed by atoms with Crippen LogP contribution in [0.3, 0.4) is 0 Å². The summed E-state index contributed by atoms with van der Waals surface area (Å²) in [5.74, 6) is -0.0495. The van der Waals surface area contributed by atoms with Gasteiger partial charge in [0.25, 0.3) is 5.91 Å². The largest absolute Gasteiger partial charge is 0.376 e. The highest BCUT2D eigenvalue weighted by molar-refractivity contribution is 7.98. The van der Waals surface area contributed by atoms with Crippen molar-refractivity contribution in [3.05, 3.63) is 53.1 Å². The Morgan fingerprint density at radius 1 is 1.37 bits per heavy atom. The Balaban J connectivity index is 1.71. The first kappa shape index (κ1) is 18.7. The number of fused-ring (bicyclic) bond motifs is 1. The second-order valence-corrected chi connectivity index (χ2v) is 8.72. The number of amides is 1. The van der Waals surface area contributed by atoms with Crippen LogP contribution in [0, 0.1) is 0 Å². The summed E-state index contributed by atoms with van der Waals surface area (Å²) in [5, 5.41) is 1.35. The number of aromatic nitrogens is 1. The minimum atomic E-state index is -0.0495. The summed E-state index contributed by atoms with van der Waals surface area (Å²) in [6.07, 6.45) is 4.05. The third-order valence-corrected chi connectivity index (χ3v) is 6.54. The van der Waals surface area contributed by atoms with Crippen molar-refractivity contribution in [1.82, 2.24) is 4.98 Å². The predicted molar refractivity (Wildman–Crippen MR) is 114 cm³/mol. The average molecular weight is 419 g/mol. The van der Waals surface area contributed by atoms with Gasteiger partial charge in [0, 0.05) is 22.1 Å². The first-order valence-electron chi connectivity index (χ1n) is 8.77. The zero-order chi connectivity index (χ0) is 18.8. The van der Waals surface area contributed by atoms with Gasteiger partial charge in [-0.25, -0.2) is 4.98 Å². The molecule has 2 aromatic carbocycles. The predicted octanol–water partition coefficient (Wildman–Crippen LogP) is 5.50. The summed E-state index contributed by atoms with van der Waals surface area (Å²) in [5.41, 5.74) is 1.51. The molecule has 0 aliphatic carbocycles. The number of carbonyl (C=O) groups excluding carboxylic acids is 1. The van der Waals surface area contributed by atoms with Gasteiger partial charge in [-0.15, -0.1) is 11.8 Å². The van der Waals surface area contributed by atoms with Gasteiger partial charge in [0.05, 0.1) is 22.9 Å². The topological polar surface area (TPSA) is 42.4 Å². The number of thiazole rings is 1. The van der Waals surface area contributed by atoms with E-state index in [9.17, 15) is 4.79 Å². The Kier molecular flexibility index (Phi) is 5.68. The molecule has 4 rings (SSSR count). The quantitative estimate of drug-likeness (QED) is 0.513. The van der Waals surface area contributed by atoms with Crippen molar-refractivity contribution in [3.8, 4) is 0 Å². The second kappa shape index (κ2) is 8.19. The van der Waals surface area contributed by atoms with E-state index in [4.69, 9.17) is 16.3 Å². The maximum absolute atomic E-state index is 13.3. The zero-order valence-corrected chi connectivity index (χ0v) is 17.2. The first-order valence-corrected chi connectivity index (χ1v) is 11.2. The Bertz CT molecular complexity index is 970. The van der Waals surface area contributed by atoms with Crippen LogP contribution in [-0.4, -0.2) is 36.4 Å². The number of halogens is 1. The monoisotopic (exact) mass is 418 g/mol. The van der Waals surface area contributed by atoms with Gasteiger partial charge in [-0.1, -0.05) is 29.0 Å². The summed E-state index contributed by atoms with van der Waals surface area (Å²) in [7, 11) is 0. The lowest BCUT2D eigenvalue weighted by atomic mass is 10.2. The standard InChI is InChI=1S/C20H19ClN2O2S2/c1-26-16-6-2-4-13(10-16)19(24)23(12-15-5-3-9-25-15)20-22-17-8-7-14(21)11-18(17)27-20/h2,4,6-8,10-11,15H,3,5,9,12H2,1H3. The summed E-state index contributed by atoms with van der Waals surface area (Å²) < 4.78 is 6.76. The Morgan fingerprint density at radius 3 is 3.04 bits per heavy atom. The molecular formula is C20H19ClN2O2S2. The Labute approximate surface area is 171 Å². The number of ether oxygens (including phenoxy) is 1. The highest BCUT2D eigenvalue weighted by atomic mass is 35.5. The van der Waals surface area contributed by atoms with E-state index in [0.29, 0.717) is 22.3 Å². The normalized spacial score (nSPS) is 16.7. The third kappa shape index (κ3) is 4.14. The molecule has 1 amide bonds. The van der Waals surface area contributed by atoms with E-state index in [-0.39, 0.29) is 12.0 Å². The van der Waals surface area contributed by atoms with Crippen LogP contribution in [0.25, 0.3) is 10.2 Å². The first-order chi connectivity index (χ1) is 13.1. The smallest absolute Gasteiger partial charge is 0.260 e. The van der Waals surface area contributed by atoms with Crippen LogP contribution >= 0.6 is 34.7 Å². The van der Waals surface area contributed by atoms with Gasteiger partial charge >= 0.3 is 0 Å². The molecule has 7 heteroatoms. The summed E-state index contributed by atoms with van der Waals surface area (Å²) in [4.78, 5) is 20.9. The number of benzene rings is 2. The van der Waals surface area contributed by atoms with Gasteiger partial charge < -0.3 is 4.74 Å². The van der Waals surface area contributed by atoms with Gasteiger partial charge in [0.2, 0.25) is 0 Å². The fourth-order valence-corrected chi connectivity index (χ4v) is 4.86. The molecule has 3 aromatic rings. The minimum Gasteiger partial charge on any atom is -0.376 e. The fourth-order valence-electron chi connectivity index (χ4n) is 3.15. The summed E-state index contributed by atoms with van der Waals surface area (Å²) in [6.45, 7) is 1.26. The summed E-state index contributed by atoms with van der Waals surface area (Å²) in [6, 6.07) is 13.3. The molecule has 1 aliphatic heterocycles. The number of rotatable bonds is 5. The van der Waals surface area contributed by atoms with Crippen LogP contribution < -0.4 is 4.90 Å². The molecule has 2 heterocycles. The number of anilines is 1. The van der Waals surface area contributed by atoms with Crippen molar-refractivity contribution in [1.29, 1.82) is 0 Å². The van der Waals surface area contributed by atoms with Crippen molar-refractivity contribution in [2.24, 2.45) is 0 Å². The van der Waals surface area contributed by atoms with Crippen LogP contribution in [0.5, 0.6) is 0 Å². The molecule has 0 radical (unpaired) electrons. The molecule has 1 saturated heterocycles. The molecule has 1 unspecified atom stereocenters. The fraction of sp³-hybridized carbons (Fsp3) is 0.300. The van der Waals surface area contributed by atoms with Gasteiger partial charge in [-0.3, -0.25) is 9.69 Å². The Morgan fingerprint density at radius 2 is 2.26 bits per heavy atom. The van der Waals surface area contributed by atoms with Crippen LogP contribution in [0.1, 0.15) is 23.2 Å². The van der Waals surface area contributed by atoms with Gasteiger partial charge in [-0.2, -0.15) is 0 Å². The highest BCUT2D eigenvalue weighted by Crippen LogP contribution is 2.32. The number of carbonyl (C=O) groups is 1. The van der Waals surface area contributed by atoms with Crippen LogP contribution in [-0.2, 0) is 4.74 Å². The van der Waals surface area contributed by atoms with Crippen molar-refractivity contribution >= 4 is 56.0 Å². The lowest BCUT2D eigenvalue weighted by Crippen LogP contribution is -2.37. The van der Waals surface area contributed by atoms with E-state index >= 15 is 0 Å². The lowest BCUT2D eigenvalue weighted by molar-refractivity contribution is 0.0917. The second-order valence-electron chi connectivity index (χ2n) is 6.39. The molecule has 1 atom stereocenters. The molecule has 0 spiro atoms. The number of hydrogen-bond donors (Lipinski definition) is 0. The molecule has 1 aliphatic rings. The number of nitrogens with zero attached hydrogens (tertiary/aromatic N) is 2. The van der Waals surface area contributed by atoms with Crippen molar-refractivity contribution in [3.63, 3.8) is 0 Å². The van der Waals surface area contributed by atoms with Gasteiger partial charge in [0.15, 0.2) is 5.13 Å². The number of hydrogen-bond acceptors (Lipinski definition) is 5. The van der Waals surface area contributed by atoms with Gasteiger partial charge in [-0.05, 0) is 55.5 Å². The van der Waals surface area contributed by atoms with E-state index < -0.39 is 0 Å².